The molecule has 1 aliphatic heterocycles. The van der Waals surface area contributed by atoms with Crippen molar-refractivity contribution < 1.29 is 9.66 Å². The molecule has 86 valence electrons. The first-order chi connectivity index (χ1) is 7.75. The Morgan fingerprint density at radius 1 is 1.56 bits per heavy atom. The van der Waals surface area contributed by atoms with E-state index in [1.165, 1.54) is 6.07 Å². The predicted molar refractivity (Wildman–Crippen MR) is 59.2 cm³/mol. The lowest BCUT2D eigenvalue weighted by Crippen LogP contribution is -2.16. The van der Waals surface area contributed by atoms with Gasteiger partial charge in [-0.2, -0.15) is 0 Å². The average Bonchev–Trinajstić information content (AvgIpc) is 2.79. The summed E-state index contributed by atoms with van der Waals surface area (Å²) in [6, 6.07) is 6.57. The van der Waals surface area contributed by atoms with Gasteiger partial charge in [-0.05, 0) is 18.5 Å². The van der Waals surface area contributed by atoms with Gasteiger partial charge >= 0.3 is 0 Å². The molecule has 1 saturated heterocycles. The van der Waals surface area contributed by atoms with E-state index in [1.807, 2.05) is 6.07 Å². The van der Waals surface area contributed by atoms with Crippen LogP contribution < -0.4 is 5.32 Å². The summed E-state index contributed by atoms with van der Waals surface area (Å²) in [7, 11) is 0. The Bertz CT molecular complexity index is 375. The van der Waals surface area contributed by atoms with Gasteiger partial charge in [0.05, 0.1) is 17.6 Å². The van der Waals surface area contributed by atoms with Gasteiger partial charge in [0.1, 0.15) is 0 Å². The fourth-order valence-corrected chi connectivity index (χ4v) is 1.74. The highest BCUT2D eigenvalue weighted by Crippen LogP contribution is 2.15. The molecule has 1 atom stereocenters. The third-order valence-electron chi connectivity index (χ3n) is 2.62. The molecule has 0 bridgehead atoms. The number of benzene rings is 1. The second kappa shape index (κ2) is 5.05. The van der Waals surface area contributed by atoms with Gasteiger partial charge in [0.25, 0.3) is 5.69 Å². The van der Waals surface area contributed by atoms with Crippen LogP contribution in [0.5, 0.6) is 0 Å². The molecule has 1 aliphatic rings. The number of nitrogens with one attached hydrogen (secondary N) is 1. The minimum absolute atomic E-state index is 0.116. The van der Waals surface area contributed by atoms with E-state index in [0.717, 1.165) is 25.1 Å². The summed E-state index contributed by atoms with van der Waals surface area (Å²) in [4.78, 5) is 10.2. The zero-order valence-corrected chi connectivity index (χ0v) is 8.89. The Kier molecular flexibility index (Phi) is 3.48. The fourth-order valence-electron chi connectivity index (χ4n) is 1.74. The van der Waals surface area contributed by atoms with Crippen LogP contribution in [0.15, 0.2) is 24.3 Å². The summed E-state index contributed by atoms with van der Waals surface area (Å²) >= 11 is 0. The number of non-ortho nitro benzene ring substituents is 1. The fraction of sp³-hybridized carbons (Fsp3) is 0.455. The van der Waals surface area contributed by atoms with E-state index in [9.17, 15) is 10.1 Å². The Morgan fingerprint density at radius 3 is 3.12 bits per heavy atom. The van der Waals surface area contributed by atoms with Gasteiger partial charge in [0.2, 0.25) is 0 Å². The first-order valence-corrected chi connectivity index (χ1v) is 5.31. The Morgan fingerprint density at radius 2 is 2.44 bits per heavy atom. The molecular formula is C11H14N2O3. The van der Waals surface area contributed by atoms with Crippen LogP contribution in [0.1, 0.15) is 12.0 Å². The van der Waals surface area contributed by atoms with Gasteiger partial charge in [-0.3, -0.25) is 10.1 Å². The molecule has 2 rings (SSSR count). The quantitative estimate of drug-likeness (QED) is 0.619. The first kappa shape index (κ1) is 11.0. The maximum absolute atomic E-state index is 10.6. The van der Waals surface area contributed by atoms with Crippen molar-refractivity contribution >= 4 is 5.69 Å². The van der Waals surface area contributed by atoms with Gasteiger partial charge in [-0.15, -0.1) is 0 Å². The summed E-state index contributed by atoms with van der Waals surface area (Å²) in [5, 5.41) is 13.8. The van der Waals surface area contributed by atoms with Crippen molar-refractivity contribution in [3.8, 4) is 0 Å². The molecule has 0 spiro atoms. The van der Waals surface area contributed by atoms with Gasteiger partial charge < -0.3 is 10.1 Å². The minimum Gasteiger partial charge on any atom is -0.372 e. The first-order valence-electron chi connectivity index (χ1n) is 5.31. The van der Waals surface area contributed by atoms with Crippen molar-refractivity contribution in [1.82, 2.24) is 5.32 Å². The Hall–Kier alpha value is -1.46. The second-order valence-electron chi connectivity index (χ2n) is 3.85. The highest BCUT2D eigenvalue weighted by Gasteiger charge is 2.15. The highest BCUT2D eigenvalue weighted by atomic mass is 16.6. The molecule has 16 heavy (non-hydrogen) atoms. The number of ether oxygens (including phenoxy) is 1. The molecule has 5 nitrogen and oxygen atoms in total. The topological polar surface area (TPSA) is 64.4 Å². The average molecular weight is 222 g/mol. The molecule has 1 aromatic carbocycles. The van der Waals surface area contributed by atoms with Crippen molar-refractivity contribution in [1.29, 1.82) is 0 Å². The SMILES string of the molecule is O=[N+]([O-])c1cccc(COC2CCNC2)c1. The zero-order chi connectivity index (χ0) is 11.4. The molecule has 5 heteroatoms. The van der Waals surface area contributed by atoms with E-state index in [-0.39, 0.29) is 16.7 Å². The maximum atomic E-state index is 10.6. The molecule has 1 fully saturated rings. The van der Waals surface area contributed by atoms with Crippen molar-refractivity contribution in [3.05, 3.63) is 39.9 Å². The van der Waals surface area contributed by atoms with E-state index in [2.05, 4.69) is 5.32 Å². The molecule has 1 N–H and O–H groups in total. The van der Waals surface area contributed by atoms with Crippen LogP contribution >= 0.6 is 0 Å². The minimum atomic E-state index is -0.388. The van der Waals surface area contributed by atoms with Crippen LogP contribution in [-0.4, -0.2) is 24.1 Å². The number of nitrogens with zero attached hydrogens (tertiary/aromatic N) is 1. The molecule has 1 aromatic rings. The lowest BCUT2D eigenvalue weighted by atomic mass is 10.2. The molecule has 0 saturated carbocycles. The van der Waals surface area contributed by atoms with E-state index < -0.39 is 0 Å². The zero-order valence-electron chi connectivity index (χ0n) is 8.89. The van der Waals surface area contributed by atoms with Crippen molar-refractivity contribution in [2.24, 2.45) is 0 Å². The molecule has 0 radical (unpaired) electrons. The lowest BCUT2D eigenvalue weighted by Gasteiger charge is -2.09. The summed E-state index contributed by atoms with van der Waals surface area (Å²) in [6.45, 7) is 2.29. The molecule has 1 heterocycles. The lowest BCUT2D eigenvalue weighted by molar-refractivity contribution is -0.385. The number of nitro groups is 1. The number of hydrogen-bond acceptors (Lipinski definition) is 4. The van der Waals surface area contributed by atoms with Gasteiger partial charge in [0, 0.05) is 18.7 Å². The number of nitro benzene ring substituents is 1. The molecular weight excluding hydrogens is 208 g/mol. The molecule has 1 unspecified atom stereocenters. The van der Waals surface area contributed by atoms with Gasteiger partial charge in [0.15, 0.2) is 0 Å². The summed E-state index contributed by atoms with van der Waals surface area (Å²) in [5.74, 6) is 0. The third kappa shape index (κ3) is 2.77. The normalized spacial score (nSPS) is 19.9. The van der Waals surface area contributed by atoms with Crippen LogP contribution in [0.3, 0.4) is 0 Å². The second-order valence-corrected chi connectivity index (χ2v) is 3.85. The molecule has 0 aliphatic carbocycles. The highest BCUT2D eigenvalue weighted by molar-refractivity contribution is 5.33. The standard InChI is InChI=1S/C11H14N2O3/c14-13(15)10-3-1-2-9(6-10)8-16-11-4-5-12-7-11/h1-3,6,11-12H,4-5,7-8H2. The van der Waals surface area contributed by atoms with Crippen LogP contribution in [0.2, 0.25) is 0 Å². The van der Waals surface area contributed by atoms with Crippen LogP contribution in [0.25, 0.3) is 0 Å². The summed E-state index contributed by atoms with van der Waals surface area (Å²) < 4.78 is 5.64. The number of rotatable bonds is 4. The maximum Gasteiger partial charge on any atom is 0.269 e. The van der Waals surface area contributed by atoms with Crippen LogP contribution in [0.4, 0.5) is 5.69 Å². The van der Waals surface area contributed by atoms with E-state index in [4.69, 9.17) is 4.74 Å². The van der Waals surface area contributed by atoms with E-state index in [1.54, 1.807) is 12.1 Å². The molecule has 0 amide bonds. The Labute approximate surface area is 93.6 Å². The number of hydrogen-bond donors (Lipinski definition) is 1. The van der Waals surface area contributed by atoms with E-state index >= 15 is 0 Å². The van der Waals surface area contributed by atoms with Gasteiger partial charge in [-0.1, -0.05) is 12.1 Å². The van der Waals surface area contributed by atoms with Crippen molar-refractivity contribution in [2.45, 2.75) is 19.1 Å². The van der Waals surface area contributed by atoms with Gasteiger partial charge in [-0.25, -0.2) is 0 Å². The predicted octanol–water partition coefficient (Wildman–Crippen LogP) is 1.47. The monoisotopic (exact) mass is 222 g/mol. The van der Waals surface area contributed by atoms with Crippen molar-refractivity contribution in [2.75, 3.05) is 13.1 Å². The van der Waals surface area contributed by atoms with E-state index in [0.29, 0.717) is 6.61 Å². The largest absolute Gasteiger partial charge is 0.372 e. The Balaban J connectivity index is 1.93. The molecule has 0 aromatic heterocycles. The smallest absolute Gasteiger partial charge is 0.269 e. The van der Waals surface area contributed by atoms with Crippen molar-refractivity contribution in [3.63, 3.8) is 0 Å². The summed E-state index contributed by atoms with van der Waals surface area (Å²) in [5.41, 5.74) is 0.965. The third-order valence-corrected chi connectivity index (χ3v) is 2.62. The van der Waals surface area contributed by atoms with Crippen LogP contribution in [0, 0.1) is 10.1 Å². The van der Waals surface area contributed by atoms with Crippen LogP contribution in [-0.2, 0) is 11.3 Å². The summed E-state index contributed by atoms with van der Waals surface area (Å²) in [6.07, 6.45) is 1.24.